The molecule has 1 aliphatic rings. The van der Waals surface area contributed by atoms with E-state index in [1.807, 2.05) is 14.0 Å². The summed E-state index contributed by atoms with van der Waals surface area (Å²) in [5, 5.41) is 11.8. The Morgan fingerprint density at radius 2 is 1.70 bits per heavy atom. The maximum Gasteiger partial charge on any atom is 0.573 e. The molecule has 5 nitrogen and oxygen atoms in total. The smallest absolute Gasteiger partial charge is 0.495 e. The van der Waals surface area contributed by atoms with Crippen LogP contribution in [0.15, 0.2) is 42.7 Å². The molecule has 0 bridgehead atoms. The molecule has 1 atom stereocenters. The molecule has 2 aromatic rings. The molecule has 0 saturated carbocycles. The number of aromatic nitrogens is 1. The van der Waals surface area contributed by atoms with Crippen LogP contribution in [0, 0.1) is 5.41 Å². The molecule has 2 heterocycles. The Bertz CT molecular complexity index is 805. The lowest BCUT2D eigenvalue weighted by Crippen LogP contribution is -2.63. The molecule has 1 aliphatic heterocycles. The van der Waals surface area contributed by atoms with Gasteiger partial charge in [0.15, 0.2) is 0 Å². The summed E-state index contributed by atoms with van der Waals surface area (Å²) >= 11 is 0. The van der Waals surface area contributed by atoms with Crippen molar-refractivity contribution >= 4 is 0 Å². The number of aliphatic hydroxyl groups is 1. The van der Waals surface area contributed by atoms with Gasteiger partial charge in [-0.1, -0.05) is 19.1 Å². The summed E-state index contributed by atoms with van der Waals surface area (Å²) in [6.07, 6.45) is -1.69. The Morgan fingerprint density at radius 3 is 2.22 bits per heavy atom. The third kappa shape index (κ3) is 3.59. The highest BCUT2D eigenvalue weighted by Gasteiger charge is 2.55. The molecule has 146 valence electrons. The van der Waals surface area contributed by atoms with Gasteiger partial charge in [-0.05, 0) is 30.8 Å². The van der Waals surface area contributed by atoms with Crippen LogP contribution in [-0.2, 0) is 5.60 Å². The number of pyridine rings is 1. The molecule has 1 N–H and O–H groups in total. The van der Waals surface area contributed by atoms with Crippen LogP contribution in [-0.4, -0.2) is 48.6 Å². The van der Waals surface area contributed by atoms with Crippen molar-refractivity contribution in [2.75, 3.05) is 27.2 Å². The van der Waals surface area contributed by atoms with Crippen molar-refractivity contribution in [3.05, 3.63) is 53.9 Å². The largest absolute Gasteiger partial charge is 0.573 e. The van der Waals surface area contributed by atoms with Crippen LogP contribution in [0.4, 0.5) is 13.2 Å². The quantitative estimate of drug-likeness (QED) is 0.861. The number of benzene rings is 1. The highest BCUT2D eigenvalue weighted by atomic mass is 19.4. The van der Waals surface area contributed by atoms with Crippen molar-refractivity contribution < 1.29 is 27.8 Å². The number of methoxy groups -OCH3 is 1. The normalized spacial score (nSPS) is 19.1. The number of ether oxygens (including phenoxy) is 2. The fourth-order valence-corrected chi connectivity index (χ4v) is 3.86. The third-order valence-corrected chi connectivity index (χ3v) is 4.98. The summed E-state index contributed by atoms with van der Waals surface area (Å²) in [5.74, 6) is 0.146. The summed E-state index contributed by atoms with van der Waals surface area (Å²) < 4.78 is 46.4. The second-order valence-electron chi connectivity index (χ2n) is 7.13. The molecular formula is C19H21F3N2O3. The van der Waals surface area contributed by atoms with E-state index in [0.717, 1.165) is 0 Å². The lowest BCUT2D eigenvalue weighted by molar-refractivity contribution is -0.274. The molecule has 1 saturated heterocycles. The van der Waals surface area contributed by atoms with Crippen molar-refractivity contribution in [3.63, 3.8) is 0 Å². The molecule has 3 rings (SSSR count). The van der Waals surface area contributed by atoms with E-state index in [1.54, 1.807) is 12.3 Å². The minimum absolute atomic E-state index is 0.340. The van der Waals surface area contributed by atoms with Crippen LogP contribution in [0.5, 0.6) is 11.5 Å². The first-order valence-corrected chi connectivity index (χ1v) is 8.34. The first kappa shape index (κ1) is 19.4. The number of hydrogen-bond acceptors (Lipinski definition) is 5. The van der Waals surface area contributed by atoms with E-state index < -0.39 is 17.4 Å². The molecule has 0 radical (unpaired) electrons. The third-order valence-electron chi connectivity index (χ3n) is 4.98. The predicted octanol–water partition coefficient (Wildman–Crippen LogP) is 3.18. The standard InChI is InChI=1S/C19H21F3N2O3/c1-17(11-24(2)12-17)18(25,14-8-16(26-3)10-23-9-14)13-4-6-15(7-5-13)27-19(20,21)22/h4-10,25H,11-12H2,1-3H3. The van der Waals surface area contributed by atoms with E-state index in [-0.39, 0.29) is 5.75 Å². The van der Waals surface area contributed by atoms with Crippen LogP contribution in [0.3, 0.4) is 0 Å². The fourth-order valence-electron chi connectivity index (χ4n) is 3.86. The van der Waals surface area contributed by atoms with Crippen molar-refractivity contribution in [1.82, 2.24) is 9.88 Å². The van der Waals surface area contributed by atoms with Crippen molar-refractivity contribution in [2.24, 2.45) is 5.41 Å². The highest BCUT2D eigenvalue weighted by molar-refractivity contribution is 5.43. The highest BCUT2D eigenvalue weighted by Crippen LogP contribution is 2.50. The van der Waals surface area contributed by atoms with E-state index in [9.17, 15) is 18.3 Å². The molecular weight excluding hydrogens is 361 g/mol. The topological polar surface area (TPSA) is 54.8 Å². The van der Waals surface area contributed by atoms with Gasteiger partial charge in [0.05, 0.1) is 13.3 Å². The zero-order valence-corrected chi connectivity index (χ0v) is 15.2. The van der Waals surface area contributed by atoms with Gasteiger partial charge in [0.1, 0.15) is 17.1 Å². The summed E-state index contributed by atoms with van der Waals surface area (Å²) in [6.45, 7) is 3.16. The molecule has 0 amide bonds. The lowest BCUT2D eigenvalue weighted by Gasteiger charge is -2.55. The zero-order valence-electron chi connectivity index (χ0n) is 15.2. The predicted molar refractivity (Wildman–Crippen MR) is 92.5 cm³/mol. The minimum atomic E-state index is -4.77. The van der Waals surface area contributed by atoms with Gasteiger partial charge in [-0.3, -0.25) is 4.98 Å². The first-order chi connectivity index (χ1) is 12.6. The Hall–Kier alpha value is -2.32. The Morgan fingerprint density at radius 1 is 1.07 bits per heavy atom. The van der Waals surface area contributed by atoms with E-state index in [4.69, 9.17) is 4.74 Å². The van der Waals surface area contributed by atoms with Crippen molar-refractivity contribution in [3.8, 4) is 11.5 Å². The van der Waals surface area contributed by atoms with Crippen LogP contribution < -0.4 is 9.47 Å². The number of rotatable bonds is 5. The zero-order chi connectivity index (χ0) is 19.9. The second-order valence-corrected chi connectivity index (χ2v) is 7.13. The van der Waals surface area contributed by atoms with Gasteiger partial charge < -0.3 is 19.5 Å². The summed E-state index contributed by atoms with van der Waals surface area (Å²) in [5.41, 5.74) is -1.04. The molecule has 1 fully saturated rings. The number of nitrogens with zero attached hydrogens (tertiary/aromatic N) is 2. The van der Waals surface area contributed by atoms with Gasteiger partial charge in [-0.25, -0.2) is 0 Å². The van der Waals surface area contributed by atoms with Gasteiger partial charge in [0.25, 0.3) is 0 Å². The molecule has 0 aliphatic carbocycles. The van der Waals surface area contributed by atoms with Crippen molar-refractivity contribution in [2.45, 2.75) is 18.9 Å². The van der Waals surface area contributed by atoms with Crippen LogP contribution in [0.2, 0.25) is 0 Å². The summed E-state index contributed by atoms with van der Waals surface area (Å²) in [7, 11) is 3.44. The Balaban J connectivity index is 2.05. The van der Waals surface area contributed by atoms with E-state index in [2.05, 4.69) is 14.6 Å². The molecule has 0 spiro atoms. The average Bonchev–Trinajstić information content (AvgIpc) is 2.59. The van der Waals surface area contributed by atoms with Gasteiger partial charge in [0, 0.05) is 30.3 Å². The molecule has 1 aromatic carbocycles. The van der Waals surface area contributed by atoms with Gasteiger partial charge in [-0.15, -0.1) is 13.2 Å². The van der Waals surface area contributed by atoms with Crippen LogP contribution >= 0.6 is 0 Å². The average molecular weight is 382 g/mol. The number of halogens is 3. The molecule has 1 aromatic heterocycles. The molecule has 27 heavy (non-hydrogen) atoms. The minimum Gasteiger partial charge on any atom is -0.495 e. The maximum absolute atomic E-state index is 12.4. The molecule has 8 heteroatoms. The molecule has 1 unspecified atom stereocenters. The summed E-state index contributed by atoms with van der Waals surface area (Å²) in [4.78, 5) is 6.19. The number of alkyl halides is 3. The van der Waals surface area contributed by atoms with Crippen LogP contribution in [0.25, 0.3) is 0 Å². The van der Waals surface area contributed by atoms with Crippen molar-refractivity contribution in [1.29, 1.82) is 0 Å². The maximum atomic E-state index is 12.4. The van der Waals surface area contributed by atoms with E-state index in [1.165, 1.54) is 37.6 Å². The van der Waals surface area contributed by atoms with Gasteiger partial charge in [-0.2, -0.15) is 0 Å². The summed E-state index contributed by atoms with van der Waals surface area (Å²) in [6, 6.07) is 6.99. The van der Waals surface area contributed by atoms with E-state index in [0.29, 0.717) is 30.0 Å². The fraction of sp³-hybridized carbons (Fsp3) is 0.421. The van der Waals surface area contributed by atoms with Gasteiger partial charge in [0.2, 0.25) is 0 Å². The number of hydrogen-bond donors (Lipinski definition) is 1. The lowest BCUT2D eigenvalue weighted by atomic mass is 9.62. The van der Waals surface area contributed by atoms with E-state index >= 15 is 0 Å². The van der Waals surface area contributed by atoms with Gasteiger partial charge >= 0.3 is 6.36 Å². The Kier molecular flexibility index (Phi) is 4.81. The second kappa shape index (κ2) is 6.69. The number of likely N-dealkylation sites (tertiary alicyclic amines) is 1. The monoisotopic (exact) mass is 382 g/mol. The van der Waals surface area contributed by atoms with Crippen LogP contribution in [0.1, 0.15) is 18.1 Å². The SMILES string of the molecule is COc1cncc(C(O)(c2ccc(OC(F)(F)F)cc2)C2(C)CN(C)C2)c1. The first-order valence-electron chi connectivity index (χ1n) is 8.34. The Labute approximate surface area is 155 Å².